The highest BCUT2D eigenvalue weighted by atomic mass is 15.1. The van der Waals surface area contributed by atoms with Crippen molar-refractivity contribution < 1.29 is 4.57 Å². The van der Waals surface area contributed by atoms with Crippen molar-refractivity contribution in [1.29, 1.82) is 0 Å². The Balaban J connectivity index is 1.88. The highest BCUT2D eigenvalue weighted by Crippen LogP contribution is 2.16. The van der Waals surface area contributed by atoms with E-state index in [9.17, 15) is 0 Å². The van der Waals surface area contributed by atoms with E-state index < -0.39 is 0 Å². The number of nitrogens with zero attached hydrogens (tertiary/aromatic N) is 2. The fourth-order valence-electron chi connectivity index (χ4n) is 6.74. The molecule has 0 saturated heterocycles. The molecule has 0 amide bonds. The number of aromatic nitrogens is 2. The molecular weight excluding hydrogens is 508 g/mol. The Bertz CT molecular complexity index is 648. The van der Waals surface area contributed by atoms with Crippen molar-refractivity contribution in [2.45, 2.75) is 232 Å². The van der Waals surface area contributed by atoms with E-state index in [4.69, 9.17) is 0 Å². The summed E-state index contributed by atoms with van der Waals surface area (Å²) in [6.07, 6.45) is 52.1. The summed E-state index contributed by atoms with van der Waals surface area (Å²) in [5.41, 5.74) is 0. The Labute approximate surface area is 266 Å². The topological polar surface area (TPSA) is 8.81 Å². The van der Waals surface area contributed by atoms with Crippen molar-refractivity contribution in [3.8, 4) is 0 Å². The largest absolute Gasteiger partial charge is 0.256 e. The minimum Gasteiger partial charge on any atom is -0.237 e. The first-order valence-corrected chi connectivity index (χ1v) is 19.8. The Morgan fingerprint density at radius 2 is 0.690 bits per heavy atom. The second-order valence-electron chi connectivity index (χ2n) is 13.9. The van der Waals surface area contributed by atoms with Crippen LogP contribution in [0.3, 0.4) is 0 Å². The molecule has 0 aliphatic heterocycles. The van der Waals surface area contributed by atoms with Crippen LogP contribution in [0.25, 0.3) is 0 Å². The Morgan fingerprint density at radius 1 is 0.405 bits per heavy atom. The van der Waals surface area contributed by atoms with Crippen LogP contribution in [0.5, 0.6) is 0 Å². The summed E-state index contributed by atoms with van der Waals surface area (Å²) in [4.78, 5) is 0. The Kier molecular flexibility index (Phi) is 29.5. The van der Waals surface area contributed by atoms with Gasteiger partial charge in [0.1, 0.15) is 12.4 Å². The van der Waals surface area contributed by atoms with E-state index in [1.54, 1.807) is 5.82 Å². The zero-order valence-corrected chi connectivity index (χ0v) is 29.6. The van der Waals surface area contributed by atoms with Crippen LogP contribution in [0.1, 0.15) is 225 Å². The van der Waals surface area contributed by atoms with E-state index in [1.807, 2.05) is 0 Å². The van der Waals surface area contributed by atoms with E-state index in [2.05, 4.69) is 42.4 Å². The zero-order chi connectivity index (χ0) is 30.2. The van der Waals surface area contributed by atoms with Crippen LogP contribution >= 0.6 is 0 Å². The van der Waals surface area contributed by atoms with E-state index in [0.717, 1.165) is 0 Å². The van der Waals surface area contributed by atoms with Crippen molar-refractivity contribution in [1.82, 2.24) is 4.57 Å². The van der Waals surface area contributed by atoms with Crippen molar-refractivity contribution in [3.05, 3.63) is 18.2 Å². The maximum atomic E-state index is 2.55. The highest BCUT2D eigenvalue weighted by Gasteiger charge is 2.13. The summed E-state index contributed by atoms with van der Waals surface area (Å²) in [5.74, 6) is 1.54. The van der Waals surface area contributed by atoms with Crippen LogP contribution in [0.4, 0.5) is 0 Å². The van der Waals surface area contributed by atoms with Crippen molar-refractivity contribution in [3.63, 3.8) is 0 Å². The van der Waals surface area contributed by atoms with Gasteiger partial charge in [0.2, 0.25) is 0 Å². The lowest BCUT2D eigenvalue weighted by molar-refractivity contribution is -0.678. The lowest BCUT2D eigenvalue weighted by atomic mass is 10.0. The van der Waals surface area contributed by atoms with Gasteiger partial charge in [-0.15, -0.1) is 0 Å². The first-order chi connectivity index (χ1) is 20.8. The zero-order valence-electron chi connectivity index (χ0n) is 29.6. The SMILES string of the molecule is CCCCCCCCCCCCCCCCCCCc1n(CCCCCCCCCCCCCCCCC)cc[n+]1C. The smallest absolute Gasteiger partial charge is 0.237 e. The molecule has 0 aliphatic rings. The molecule has 0 aromatic carbocycles. The van der Waals surface area contributed by atoms with Crippen LogP contribution in [0.15, 0.2) is 12.4 Å². The molecule has 0 saturated carbocycles. The lowest BCUT2D eigenvalue weighted by Gasteiger charge is -2.05. The third-order valence-corrected chi connectivity index (χ3v) is 9.72. The third-order valence-electron chi connectivity index (χ3n) is 9.72. The molecule has 0 atom stereocenters. The summed E-state index contributed by atoms with van der Waals surface area (Å²) in [5, 5.41) is 0. The highest BCUT2D eigenvalue weighted by molar-refractivity contribution is 4.84. The maximum absolute atomic E-state index is 2.55. The summed E-state index contributed by atoms with van der Waals surface area (Å²) < 4.78 is 4.92. The fraction of sp³-hybridized carbons (Fsp3) is 0.925. The number of hydrogen-bond donors (Lipinski definition) is 0. The number of imidazole rings is 1. The average Bonchev–Trinajstić information content (AvgIpc) is 3.35. The first-order valence-electron chi connectivity index (χ1n) is 19.8. The molecule has 0 N–H and O–H groups in total. The summed E-state index contributed by atoms with van der Waals surface area (Å²) >= 11 is 0. The quantitative estimate of drug-likeness (QED) is 0.0560. The minimum atomic E-state index is 1.22. The lowest BCUT2D eigenvalue weighted by Crippen LogP contribution is -2.32. The molecule has 0 bridgehead atoms. The molecule has 2 heteroatoms. The van der Waals surface area contributed by atoms with E-state index >= 15 is 0 Å². The van der Waals surface area contributed by atoms with Gasteiger partial charge in [-0.25, -0.2) is 9.13 Å². The molecule has 2 nitrogen and oxygen atoms in total. The van der Waals surface area contributed by atoms with Gasteiger partial charge in [-0.1, -0.05) is 200 Å². The number of rotatable bonds is 34. The molecule has 1 heterocycles. The first kappa shape index (κ1) is 39.2. The van der Waals surface area contributed by atoms with Crippen molar-refractivity contribution in [2.24, 2.45) is 7.05 Å². The predicted molar refractivity (Wildman–Crippen MR) is 188 cm³/mol. The van der Waals surface area contributed by atoms with Crippen molar-refractivity contribution in [2.75, 3.05) is 0 Å². The molecule has 0 aliphatic carbocycles. The number of aryl methyl sites for hydroxylation is 2. The monoisotopic (exact) mass is 588 g/mol. The van der Waals surface area contributed by atoms with Gasteiger partial charge in [-0.05, 0) is 19.3 Å². The van der Waals surface area contributed by atoms with Crippen LogP contribution in [0.2, 0.25) is 0 Å². The second kappa shape index (κ2) is 31.6. The second-order valence-corrected chi connectivity index (χ2v) is 13.9. The normalized spacial score (nSPS) is 11.6. The van der Waals surface area contributed by atoms with Crippen molar-refractivity contribution >= 4 is 0 Å². The molecule has 1 aromatic rings. The van der Waals surface area contributed by atoms with E-state index in [1.165, 1.54) is 218 Å². The van der Waals surface area contributed by atoms with E-state index in [-0.39, 0.29) is 0 Å². The summed E-state index contributed by atoms with van der Waals surface area (Å²) in [6.45, 7) is 5.83. The molecular formula is C40H79N2+. The van der Waals surface area contributed by atoms with Gasteiger partial charge in [-0.3, -0.25) is 0 Å². The van der Waals surface area contributed by atoms with Crippen LogP contribution in [-0.4, -0.2) is 4.57 Å². The number of hydrogen-bond acceptors (Lipinski definition) is 0. The molecule has 0 radical (unpaired) electrons. The molecule has 248 valence electrons. The van der Waals surface area contributed by atoms with Gasteiger partial charge in [0, 0.05) is 6.42 Å². The van der Waals surface area contributed by atoms with Crippen LogP contribution in [0, 0.1) is 0 Å². The van der Waals surface area contributed by atoms with Gasteiger partial charge in [-0.2, -0.15) is 0 Å². The van der Waals surface area contributed by atoms with Gasteiger partial charge >= 0.3 is 0 Å². The molecule has 1 rings (SSSR count). The average molecular weight is 588 g/mol. The molecule has 42 heavy (non-hydrogen) atoms. The molecule has 1 aromatic heterocycles. The van der Waals surface area contributed by atoms with Gasteiger partial charge < -0.3 is 0 Å². The maximum Gasteiger partial charge on any atom is 0.256 e. The van der Waals surface area contributed by atoms with E-state index in [0.29, 0.717) is 0 Å². The number of unbranched alkanes of at least 4 members (excludes halogenated alkanes) is 30. The molecule has 0 fully saturated rings. The predicted octanol–water partition coefficient (Wildman–Crippen LogP) is 13.4. The third kappa shape index (κ3) is 24.6. The minimum absolute atomic E-state index is 1.22. The summed E-state index contributed by atoms with van der Waals surface area (Å²) in [7, 11) is 2.24. The summed E-state index contributed by atoms with van der Waals surface area (Å²) in [6, 6.07) is 0. The fourth-order valence-corrected chi connectivity index (χ4v) is 6.74. The molecule has 0 spiro atoms. The van der Waals surface area contributed by atoms with Gasteiger partial charge in [0.15, 0.2) is 0 Å². The van der Waals surface area contributed by atoms with Gasteiger partial charge in [0.05, 0.1) is 13.6 Å². The molecule has 0 unspecified atom stereocenters. The van der Waals surface area contributed by atoms with Crippen LogP contribution < -0.4 is 4.57 Å². The Morgan fingerprint density at radius 3 is 1.02 bits per heavy atom. The Hall–Kier alpha value is -0.790. The van der Waals surface area contributed by atoms with Crippen LogP contribution in [-0.2, 0) is 20.0 Å². The van der Waals surface area contributed by atoms with Gasteiger partial charge in [0.25, 0.3) is 5.82 Å². The standard InChI is InChI=1S/C40H79N2/c1-4-6-8-10-12-14-16-18-20-21-22-24-26-28-30-32-34-36-40-41(3)38-39-42(40)37-35-33-31-29-27-25-23-19-17-15-13-11-9-7-5-2/h38-39H,4-37H2,1-3H3/q+1.